The van der Waals surface area contributed by atoms with Crippen molar-refractivity contribution in [2.75, 3.05) is 13.2 Å². The molecule has 0 rings (SSSR count). The Hall–Kier alpha value is -1.14. The van der Waals surface area contributed by atoms with E-state index in [1.807, 2.05) is 0 Å². The number of ether oxygens (including phenoxy) is 1. The fraction of sp³-hybridized carbons (Fsp3) is 0.973. The van der Waals surface area contributed by atoms with Crippen LogP contribution in [0.1, 0.15) is 438 Å². The molecule has 0 radical (unpaired) electrons. The highest BCUT2D eigenvalue weighted by Gasteiger charge is 2.20. The number of rotatable bonds is 71. The fourth-order valence-corrected chi connectivity index (χ4v) is 12.2. The van der Waals surface area contributed by atoms with Crippen LogP contribution in [-0.2, 0) is 14.3 Å². The Bertz CT molecular complexity index is 1160. The highest BCUT2D eigenvalue weighted by molar-refractivity contribution is 5.76. The predicted molar refractivity (Wildman–Crippen MR) is 352 cm³/mol. The third-order valence-electron chi connectivity index (χ3n) is 17.9. The average molecular weight is 1130 g/mol. The number of aliphatic hydroxyl groups excluding tert-OH is 2. The van der Waals surface area contributed by atoms with Crippen LogP contribution in [0, 0.1) is 0 Å². The van der Waals surface area contributed by atoms with Crippen molar-refractivity contribution >= 4 is 11.9 Å². The Morgan fingerprint density at radius 2 is 0.512 bits per heavy atom. The second kappa shape index (κ2) is 70.3. The number of hydrogen-bond acceptors (Lipinski definition) is 5. The fourth-order valence-electron chi connectivity index (χ4n) is 12.2. The van der Waals surface area contributed by atoms with E-state index in [1.54, 1.807) is 0 Å². The van der Waals surface area contributed by atoms with Crippen molar-refractivity contribution in [3.63, 3.8) is 0 Å². The Morgan fingerprint density at radius 1 is 0.300 bits per heavy atom. The van der Waals surface area contributed by atoms with Gasteiger partial charge in [0.1, 0.15) is 0 Å². The van der Waals surface area contributed by atoms with Gasteiger partial charge in [-0.05, 0) is 25.7 Å². The van der Waals surface area contributed by atoms with Gasteiger partial charge in [0.15, 0.2) is 0 Å². The van der Waals surface area contributed by atoms with E-state index in [0.717, 1.165) is 38.5 Å². The van der Waals surface area contributed by atoms with Crippen LogP contribution in [0.25, 0.3) is 0 Å². The van der Waals surface area contributed by atoms with Crippen molar-refractivity contribution < 1.29 is 24.5 Å². The number of aliphatic hydroxyl groups is 2. The van der Waals surface area contributed by atoms with Gasteiger partial charge >= 0.3 is 5.97 Å². The minimum absolute atomic E-state index is 0.0269. The van der Waals surface area contributed by atoms with Crippen molar-refractivity contribution in [3.05, 3.63) is 0 Å². The molecule has 2 unspecified atom stereocenters. The second-order valence-electron chi connectivity index (χ2n) is 26.0. The predicted octanol–water partition coefficient (Wildman–Crippen LogP) is 24.2. The van der Waals surface area contributed by atoms with Crippen molar-refractivity contribution in [2.45, 2.75) is 450 Å². The van der Waals surface area contributed by atoms with Crippen molar-refractivity contribution in [1.82, 2.24) is 5.32 Å². The SMILES string of the molecule is CCCCCCCCCCCCCCCCCCCC(=O)OCCCCCCCCCCCCCCCCCCCCCCCCCCCCCCCCCCCC(=O)NC(CO)C(O)CCCCCCCCCCCCCCC. The van der Waals surface area contributed by atoms with E-state index < -0.39 is 12.1 Å². The highest BCUT2D eigenvalue weighted by Crippen LogP contribution is 2.20. The molecule has 3 N–H and O–H groups in total. The third kappa shape index (κ3) is 66.0. The van der Waals surface area contributed by atoms with Crippen molar-refractivity contribution in [3.8, 4) is 0 Å². The zero-order valence-electron chi connectivity index (χ0n) is 54.9. The maximum Gasteiger partial charge on any atom is 0.305 e. The monoisotopic (exact) mass is 1130 g/mol. The molecule has 0 aromatic carbocycles. The number of carbonyl (C=O) groups excluding carboxylic acids is 2. The van der Waals surface area contributed by atoms with Gasteiger partial charge in [-0.1, -0.05) is 399 Å². The molecule has 0 bridgehead atoms. The van der Waals surface area contributed by atoms with E-state index in [1.165, 1.54) is 366 Å². The molecule has 0 aliphatic heterocycles. The summed E-state index contributed by atoms with van der Waals surface area (Å²) in [6.45, 7) is 5.00. The topological polar surface area (TPSA) is 95.9 Å². The molecule has 0 saturated carbocycles. The summed E-state index contributed by atoms with van der Waals surface area (Å²) in [5, 5.41) is 23.3. The summed E-state index contributed by atoms with van der Waals surface area (Å²) in [7, 11) is 0. The van der Waals surface area contributed by atoms with Gasteiger partial charge in [0.05, 0.1) is 25.4 Å². The molecule has 0 fully saturated rings. The van der Waals surface area contributed by atoms with Gasteiger partial charge in [0.25, 0.3) is 0 Å². The molecule has 1 amide bonds. The Kier molecular flexibility index (Phi) is 69.3. The van der Waals surface area contributed by atoms with Gasteiger partial charge in [-0.3, -0.25) is 9.59 Å². The Morgan fingerprint density at radius 3 is 0.762 bits per heavy atom. The summed E-state index contributed by atoms with van der Waals surface area (Å²) in [6, 6.07) is -0.536. The lowest BCUT2D eigenvalue weighted by molar-refractivity contribution is -0.143. The first-order valence-corrected chi connectivity index (χ1v) is 37.3. The molecule has 0 heterocycles. The summed E-state index contributed by atoms with van der Waals surface area (Å²) < 4.78 is 5.51. The molecule has 0 spiro atoms. The summed E-state index contributed by atoms with van der Waals surface area (Å²) in [5.41, 5.74) is 0. The minimum Gasteiger partial charge on any atom is -0.466 e. The first kappa shape index (κ1) is 78.9. The molecule has 0 aromatic rings. The van der Waals surface area contributed by atoms with Gasteiger partial charge in [-0.15, -0.1) is 0 Å². The maximum absolute atomic E-state index is 12.5. The summed E-state index contributed by atoms with van der Waals surface area (Å²) in [4.78, 5) is 24.6. The molecule has 6 heteroatoms. The van der Waals surface area contributed by atoms with E-state index in [-0.39, 0.29) is 18.5 Å². The highest BCUT2D eigenvalue weighted by atomic mass is 16.5. The first-order chi connectivity index (χ1) is 39.5. The molecule has 0 aliphatic carbocycles. The Labute approximate surface area is 502 Å². The summed E-state index contributed by atoms with van der Waals surface area (Å²) in [5.74, 6) is -0.000135. The second-order valence-corrected chi connectivity index (χ2v) is 26.0. The Balaban J connectivity index is 3.28. The number of esters is 1. The maximum atomic E-state index is 12.5. The number of unbranched alkanes of at least 4 members (excludes halogenated alkanes) is 60. The van der Waals surface area contributed by atoms with Crippen molar-refractivity contribution in [2.24, 2.45) is 0 Å². The molecule has 0 saturated heterocycles. The zero-order chi connectivity index (χ0) is 57.8. The van der Waals surface area contributed by atoms with Crippen LogP contribution in [0.3, 0.4) is 0 Å². The first-order valence-electron chi connectivity index (χ1n) is 37.3. The van der Waals surface area contributed by atoms with Crippen LogP contribution in [0.2, 0.25) is 0 Å². The quantitative estimate of drug-likeness (QED) is 0.0417. The molecule has 80 heavy (non-hydrogen) atoms. The molecule has 478 valence electrons. The lowest BCUT2D eigenvalue weighted by Gasteiger charge is -2.22. The largest absolute Gasteiger partial charge is 0.466 e. The van der Waals surface area contributed by atoms with E-state index in [0.29, 0.717) is 25.9 Å². The van der Waals surface area contributed by atoms with Gasteiger partial charge < -0.3 is 20.3 Å². The molecular formula is C74H147NO5. The number of hydrogen-bond donors (Lipinski definition) is 3. The number of amides is 1. The lowest BCUT2D eigenvalue weighted by Crippen LogP contribution is -2.45. The molecule has 6 nitrogen and oxygen atoms in total. The van der Waals surface area contributed by atoms with Gasteiger partial charge in [-0.2, -0.15) is 0 Å². The molecule has 2 atom stereocenters. The standard InChI is InChI=1S/C74H147NO5/c1-3-5-7-9-11-13-15-17-18-36-40-44-48-52-56-60-64-68-74(79)80-69-65-61-57-53-49-45-41-38-35-33-31-29-27-25-23-21-19-20-22-24-26-28-30-32-34-37-39-43-47-51-55-59-63-67-73(78)75-71(70-76)72(77)66-62-58-54-50-46-42-16-14-12-10-8-6-4-2/h71-72,76-77H,3-70H2,1-2H3,(H,75,78). The molecular weight excluding hydrogens is 983 g/mol. The van der Waals surface area contributed by atoms with Gasteiger partial charge in [-0.25, -0.2) is 0 Å². The van der Waals surface area contributed by atoms with Crippen LogP contribution in [0.4, 0.5) is 0 Å². The van der Waals surface area contributed by atoms with Crippen LogP contribution < -0.4 is 5.32 Å². The lowest BCUT2D eigenvalue weighted by atomic mass is 10.0. The van der Waals surface area contributed by atoms with Crippen LogP contribution in [0.5, 0.6) is 0 Å². The molecule has 0 aliphatic rings. The minimum atomic E-state index is -0.659. The average Bonchev–Trinajstić information content (AvgIpc) is 3.46. The van der Waals surface area contributed by atoms with Crippen LogP contribution >= 0.6 is 0 Å². The van der Waals surface area contributed by atoms with Crippen LogP contribution in [-0.4, -0.2) is 47.4 Å². The smallest absolute Gasteiger partial charge is 0.305 e. The van der Waals surface area contributed by atoms with Gasteiger partial charge in [0.2, 0.25) is 5.91 Å². The van der Waals surface area contributed by atoms with Gasteiger partial charge in [0, 0.05) is 12.8 Å². The van der Waals surface area contributed by atoms with E-state index in [2.05, 4.69) is 19.2 Å². The van der Waals surface area contributed by atoms with Crippen LogP contribution in [0.15, 0.2) is 0 Å². The normalized spacial score (nSPS) is 12.4. The zero-order valence-corrected chi connectivity index (χ0v) is 54.9. The third-order valence-corrected chi connectivity index (χ3v) is 17.9. The van der Waals surface area contributed by atoms with E-state index >= 15 is 0 Å². The van der Waals surface area contributed by atoms with E-state index in [9.17, 15) is 19.8 Å². The summed E-state index contributed by atoms with van der Waals surface area (Å²) >= 11 is 0. The van der Waals surface area contributed by atoms with Crippen molar-refractivity contribution in [1.29, 1.82) is 0 Å². The molecule has 0 aromatic heterocycles. The summed E-state index contributed by atoms with van der Waals surface area (Å²) in [6.07, 6.45) is 86.1. The number of carbonyl (C=O) groups is 2. The number of nitrogens with one attached hydrogen (secondary N) is 1. The van der Waals surface area contributed by atoms with E-state index in [4.69, 9.17) is 4.74 Å².